The number of likely N-dealkylation sites (tertiary alicyclic amines) is 1. The Balaban J connectivity index is 1.63. The van der Waals surface area contributed by atoms with Gasteiger partial charge in [0.15, 0.2) is 0 Å². The van der Waals surface area contributed by atoms with Crippen LogP contribution in [0.3, 0.4) is 0 Å². The highest BCUT2D eigenvalue weighted by Gasteiger charge is 2.23. The number of benzene rings is 2. The Hall–Kier alpha value is -2.45. The second-order valence-electron chi connectivity index (χ2n) is 7.11. The van der Waals surface area contributed by atoms with Crippen molar-refractivity contribution in [3.8, 4) is 0 Å². The van der Waals surface area contributed by atoms with Crippen LogP contribution in [0.25, 0.3) is 10.1 Å². The molecule has 8 heteroatoms. The van der Waals surface area contributed by atoms with E-state index < -0.39 is 15.8 Å². The number of hydrogen-bond acceptors (Lipinski definition) is 4. The molecule has 1 fully saturated rings. The van der Waals surface area contributed by atoms with E-state index in [1.54, 1.807) is 12.1 Å². The van der Waals surface area contributed by atoms with Gasteiger partial charge in [-0.1, -0.05) is 0 Å². The van der Waals surface area contributed by atoms with Crippen LogP contribution < -0.4 is 4.31 Å². The van der Waals surface area contributed by atoms with E-state index in [-0.39, 0.29) is 10.8 Å². The molecule has 0 atom stereocenters. The van der Waals surface area contributed by atoms with Crippen LogP contribution in [0.5, 0.6) is 0 Å². The monoisotopic (exact) mass is 432 g/mol. The fourth-order valence-electron chi connectivity index (χ4n) is 3.49. The van der Waals surface area contributed by atoms with Gasteiger partial charge in [0.2, 0.25) is 0 Å². The summed E-state index contributed by atoms with van der Waals surface area (Å²) in [4.78, 5) is 15.3. The Bertz CT molecular complexity index is 1150. The van der Waals surface area contributed by atoms with E-state index in [2.05, 4.69) is 0 Å². The molecule has 0 unspecified atom stereocenters. The molecule has 2 heterocycles. The third-order valence-corrected chi connectivity index (χ3v) is 8.09. The lowest BCUT2D eigenvalue weighted by Crippen LogP contribution is -2.35. The Morgan fingerprint density at radius 2 is 1.72 bits per heavy atom. The molecule has 0 spiro atoms. The van der Waals surface area contributed by atoms with Gasteiger partial charge in [-0.15, -0.1) is 11.3 Å². The Morgan fingerprint density at radius 3 is 2.41 bits per heavy atom. The van der Waals surface area contributed by atoms with Crippen LogP contribution in [-0.2, 0) is 10.0 Å². The number of thiophene rings is 1. The molecule has 152 valence electrons. The second-order valence-corrected chi connectivity index (χ2v) is 10.2. The van der Waals surface area contributed by atoms with E-state index in [1.807, 2.05) is 17.0 Å². The maximum atomic E-state index is 13.1. The van der Waals surface area contributed by atoms with Crippen molar-refractivity contribution in [1.82, 2.24) is 4.90 Å². The molecule has 0 aliphatic carbocycles. The maximum absolute atomic E-state index is 13.1. The second kappa shape index (κ2) is 7.76. The number of hydrogen-bond donors (Lipinski definition) is 0. The van der Waals surface area contributed by atoms with Gasteiger partial charge in [-0.2, -0.15) is 0 Å². The number of piperidine rings is 1. The highest BCUT2D eigenvalue weighted by atomic mass is 32.2. The average molecular weight is 433 g/mol. The summed E-state index contributed by atoms with van der Waals surface area (Å²) in [5.74, 6) is -0.447. The lowest BCUT2D eigenvalue weighted by molar-refractivity contribution is 0.0729. The van der Waals surface area contributed by atoms with Gasteiger partial charge in [0.05, 0.1) is 15.5 Å². The Morgan fingerprint density at radius 1 is 1.03 bits per heavy atom. The lowest BCUT2D eigenvalue weighted by atomic mass is 10.1. The van der Waals surface area contributed by atoms with Crippen molar-refractivity contribution in [2.45, 2.75) is 24.2 Å². The lowest BCUT2D eigenvalue weighted by Gasteiger charge is -2.26. The molecule has 0 saturated carbocycles. The van der Waals surface area contributed by atoms with Crippen LogP contribution in [0.4, 0.5) is 10.1 Å². The number of fused-ring (bicyclic) bond motifs is 1. The van der Waals surface area contributed by atoms with Crippen LogP contribution in [0.1, 0.15) is 28.9 Å². The molecule has 4 rings (SSSR count). The first-order valence-electron chi connectivity index (χ1n) is 9.44. The van der Waals surface area contributed by atoms with Crippen molar-refractivity contribution < 1.29 is 17.6 Å². The first-order valence-corrected chi connectivity index (χ1v) is 11.7. The predicted octanol–water partition coefficient (Wildman–Crippen LogP) is 4.49. The van der Waals surface area contributed by atoms with E-state index in [1.165, 1.54) is 34.8 Å². The zero-order valence-electron chi connectivity index (χ0n) is 16.0. The number of halogens is 1. The average Bonchev–Trinajstić information content (AvgIpc) is 3.17. The fraction of sp³-hybridized carbons (Fsp3) is 0.286. The van der Waals surface area contributed by atoms with Crippen LogP contribution in [0.2, 0.25) is 0 Å². The van der Waals surface area contributed by atoms with Gasteiger partial charge < -0.3 is 4.90 Å². The fourth-order valence-corrected chi connectivity index (χ4v) is 5.69. The van der Waals surface area contributed by atoms with Crippen molar-refractivity contribution in [2.24, 2.45) is 0 Å². The van der Waals surface area contributed by atoms with Crippen molar-refractivity contribution in [3.63, 3.8) is 0 Å². The number of amides is 1. The molecule has 1 amide bonds. The third-order valence-electron chi connectivity index (χ3n) is 5.19. The number of nitrogens with zero attached hydrogens (tertiary/aromatic N) is 2. The summed E-state index contributed by atoms with van der Waals surface area (Å²) >= 11 is 1.42. The molecule has 1 aliphatic heterocycles. The summed E-state index contributed by atoms with van der Waals surface area (Å²) < 4.78 is 40.9. The first kappa shape index (κ1) is 19.8. The van der Waals surface area contributed by atoms with E-state index >= 15 is 0 Å². The zero-order chi connectivity index (χ0) is 20.6. The van der Waals surface area contributed by atoms with Crippen molar-refractivity contribution in [1.29, 1.82) is 0 Å². The molecule has 1 saturated heterocycles. The molecular weight excluding hydrogens is 411 g/mol. The molecule has 3 aromatic rings. The zero-order valence-corrected chi connectivity index (χ0v) is 17.6. The van der Waals surface area contributed by atoms with Gasteiger partial charge in [0.1, 0.15) is 5.82 Å². The quantitative estimate of drug-likeness (QED) is 0.610. The molecule has 0 radical (unpaired) electrons. The minimum Gasteiger partial charge on any atom is -0.338 e. The van der Waals surface area contributed by atoms with Gasteiger partial charge in [-0.25, -0.2) is 12.8 Å². The number of carbonyl (C=O) groups excluding carboxylic acids is 1. The largest absolute Gasteiger partial charge is 0.338 e. The molecule has 2 aromatic carbocycles. The summed E-state index contributed by atoms with van der Waals surface area (Å²) in [5.41, 5.74) is 0.483. The first-order chi connectivity index (χ1) is 13.9. The number of rotatable bonds is 4. The number of carbonyl (C=O) groups is 1. The van der Waals surface area contributed by atoms with Gasteiger partial charge in [0, 0.05) is 24.8 Å². The minimum absolute atomic E-state index is 0.0211. The minimum atomic E-state index is -3.81. The highest BCUT2D eigenvalue weighted by Crippen LogP contribution is 2.32. The SMILES string of the molecule is CN(c1ccc2sc(C(=O)N3CCCCC3)cc2c1)S(=O)(=O)c1ccc(F)cc1. The summed E-state index contributed by atoms with van der Waals surface area (Å²) in [5, 5.41) is 0.828. The Kier molecular flexibility index (Phi) is 5.31. The van der Waals surface area contributed by atoms with Gasteiger partial charge >= 0.3 is 0 Å². The molecule has 0 N–H and O–H groups in total. The number of anilines is 1. The Labute approximate surface area is 173 Å². The van der Waals surface area contributed by atoms with E-state index in [4.69, 9.17) is 0 Å². The van der Waals surface area contributed by atoms with Crippen LogP contribution in [0, 0.1) is 5.82 Å². The van der Waals surface area contributed by atoms with E-state index in [0.717, 1.165) is 54.6 Å². The summed E-state index contributed by atoms with van der Waals surface area (Å²) in [6.07, 6.45) is 3.23. The molecular formula is C21H21FN2O3S2. The van der Waals surface area contributed by atoms with Crippen molar-refractivity contribution in [2.75, 3.05) is 24.4 Å². The molecule has 1 aromatic heterocycles. The summed E-state index contributed by atoms with van der Waals surface area (Å²) in [7, 11) is -2.34. The van der Waals surface area contributed by atoms with Gasteiger partial charge in [-0.3, -0.25) is 9.10 Å². The molecule has 0 bridgehead atoms. The molecule has 5 nitrogen and oxygen atoms in total. The standard InChI is InChI=1S/C21H21FN2O3S2/c1-23(29(26,27)18-8-5-16(22)6-9-18)17-7-10-19-15(13-17)14-20(28-19)21(25)24-11-3-2-4-12-24/h5-10,13-14H,2-4,11-12H2,1H3. The highest BCUT2D eigenvalue weighted by molar-refractivity contribution is 7.92. The molecule has 1 aliphatic rings. The summed E-state index contributed by atoms with van der Waals surface area (Å²) in [6.45, 7) is 1.58. The predicted molar refractivity (Wildman–Crippen MR) is 114 cm³/mol. The van der Waals surface area contributed by atoms with Gasteiger partial charge in [0.25, 0.3) is 15.9 Å². The normalized spacial score (nSPS) is 14.9. The van der Waals surface area contributed by atoms with E-state index in [9.17, 15) is 17.6 Å². The summed E-state index contributed by atoms with van der Waals surface area (Å²) in [6, 6.07) is 11.9. The number of sulfonamides is 1. The van der Waals surface area contributed by atoms with Crippen LogP contribution in [0.15, 0.2) is 53.4 Å². The smallest absolute Gasteiger partial charge is 0.264 e. The van der Waals surface area contributed by atoms with Crippen LogP contribution >= 0.6 is 11.3 Å². The molecule has 29 heavy (non-hydrogen) atoms. The van der Waals surface area contributed by atoms with Crippen molar-refractivity contribution in [3.05, 3.63) is 59.2 Å². The van der Waals surface area contributed by atoms with Gasteiger partial charge in [-0.05, 0) is 73.2 Å². The third kappa shape index (κ3) is 3.86. The maximum Gasteiger partial charge on any atom is 0.264 e. The van der Waals surface area contributed by atoms with E-state index in [0.29, 0.717) is 10.6 Å². The topological polar surface area (TPSA) is 57.7 Å². The van der Waals surface area contributed by atoms with Crippen molar-refractivity contribution >= 4 is 43.0 Å². The van der Waals surface area contributed by atoms with Crippen LogP contribution in [-0.4, -0.2) is 39.4 Å².